The largest absolute Gasteiger partial charge is 0.493 e. The fraction of sp³-hybridized carbons (Fsp3) is 0.250. The van der Waals surface area contributed by atoms with E-state index in [0.717, 1.165) is 31.4 Å². The van der Waals surface area contributed by atoms with Gasteiger partial charge in [-0.1, -0.05) is 43.5 Å². The van der Waals surface area contributed by atoms with Crippen molar-refractivity contribution in [3.63, 3.8) is 0 Å². The summed E-state index contributed by atoms with van der Waals surface area (Å²) in [6.45, 7) is 4.51. The van der Waals surface area contributed by atoms with E-state index in [4.69, 9.17) is 4.74 Å². The van der Waals surface area contributed by atoms with Crippen LogP contribution in [0.2, 0.25) is 0 Å². The molecule has 1 atom stereocenters. The molecule has 0 heterocycles. The average molecular weight is 400 g/mol. The minimum absolute atomic E-state index is 0.572. The molecule has 1 N–H and O–H groups in total. The second-order valence-electron chi connectivity index (χ2n) is 4.54. The zero-order valence-electron chi connectivity index (χ0n) is 11.4. The van der Waals surface area contributed by atoms with Crippen LogP contribution in [0.25, 0.3) is 0 Å². The second-order valence-corrected chi connectivity index (χ2v) is 6.31. The van der Waals surface area contributed by atoms with Crippen molar-refractivity contribution >= 4 is 31.9 Å². The fourth-order valence-electron chi connectivity index (χ4n) is 2.06. The molecule has 4 heteroatoms. The Morgan fingerprint density at radius 3 is 2.55 bits per heavy atom. The van der Waals surface area contributed by atoms with Crippen molar-refractivity contribution in [3.05, 3.63) is 62.0 Å². The van der Waals surface area contributed by atoms with E-state index in [9.17, 15) is 5.11 Å². The van der Waals surface area contributed by atoms with Crippen LogP contribution >= 0.6 is 31.9 Å². The smallest absolute Gasteiger partial charge is 0.125 e. The highest BCUT2D eigenvalue weighted by Crippen LogP contribution is 2.35. The lowest BCUT2D eigenvalue weighted by molar-refractivity contribution is 0.211. The molecule has 20 heavy (non-hydrogen) atoms. The monoisotopic (exact) mass is 398 g/mol. The molecule has 2 nitrogen and oxygen atoms in total. The summed E-state index contributed by atoms with van der Waals surface area (Å²) in [5.41, 5.74) is 2.69. The van der Waals surface area contributed by atoms with Crippen molar-refractivity contribution in [3.8, 4) is 5.75 Å². The van der Waals surface area contributed by atoms with E-state index in [-0.39, 0.29) is 0 Å². The first kappa shape index (κ1) is 15.5. The maximum absolute atomic E-state index is 10.7. The van der Waals surface area contributed by atoms with Gasteiger partial charge in [0.15, 0.2) is 0 Å². The topological polar surface area (TPSA) is 29.5 Å². The third kappa shape index (κ3) is 3.43. The number of hydrogen-bond donors (Lipinski definition) is 1. The van der Waals surface area contributed by atoms with E-state index >= 15 is 0 Å². The number of rotatable bonds is 4. The van der Waals surface area contributed by atoms with Gasteiger partial charge in [0, 0.05) is 20.1 Å². The first-order chi connectivity index (χ1) is 9.52. The van der Waals surface area contributed by atoms with Gasteiger partial charge in [-0.05, 0) is 44.2 Å². The second kappa shape index (κ2) is 6.74. The molecule has 0 bridgehead atoms. The van der Waals surface area contributed by atoms with E-state index in [1.54, 1.807) is 0 Å². The number of benzene rings is 2. The number of aryl methyl sites for hydroxylation is 1. The van der Waals surface area contributed by atoms with Crippen molar-refractivity contribution in [2.24, 2.45) is 0 Å². The Hall–Kier alpha value is -0.840. The molecule has 0 spiro atoms. The quantitative estimate of drug-likeness (QED) is 0.783. The van der Waals surface area contributed by atoms with E-state index in [2.05, 4.69) is 31.9 Å². The summed E-state index contributed by atoms with van der Waals surface area (Å²) in [6, 6.07) is 11.6. The molecule has 0 aromatic heterocycles. The van der Waals surface area contributed by atoms with Crippen LogP contribution in [0.5, 0.6) is 5.75 Å². The molecule has 2 aromatic carbocycles. The van der Waals surface area contributed by atoms with Crippen molar-refractivity contribution in [1.82, 2.24) is 0 Å². The molecule has 106 valence electrons. The van der Waals surface area contributed by atoms with E-state index in [1.807, 2.05) is 50.2 Å². The lowest BCUT2D eigenvalue weighted by Gasteiger charge is -2.18. The number of ether oxygens (including phenoxy) is 1. The van der Waals surface area contributed by atoms with Gasteiger partial charge in [-0.25, -0.2) is 0 Å². The maximum Gasteiger partial charge on any atom is 0.125 e. The lowest BCUT2D eigenvalue weighted by atomic mass is 9.99. The van der Waals surface area contributed by atoms with Crippen LogP contribution in [-0.4, -0.2) is 11.7 Å². The maximum atomic E-state index is 10.7. The molecule has 2 aromatic rings. The van der Waals surface area contributed by atoms with Gasteiger partial charge in [-0.15, -0.1) is 0 Å². The molecular formula is C16H16Br2O2. The minimum atomic E-state index is -0.733. The van der Waals surface area contributed by atoms with E-state index < -0.39 is 6.10 Å². The summed E-state index contributed by atoms with van der Waals surface area (Å²) in [7, 11) is 0. The summed E-state index contributed by atoms with van der Waals surface area (Å²) in [5.74, 6) is 0.720. The molecule has 0 saturated carbocycles. The highest BCUT2D eigenvalue weighted by atomic mass is 79.9. The molecule has 0 saturated heterocycles. The van der Waals surface area contributed by atoms with E-state index in [0.29, 0.717) is 6.61 Å². The molecule has 0 radical (unpaired) electrons. The third-order valence-corrected chi connectivity index (χ3v) is 4.23. The van der Waals surface area contributed by atoms with Gasteiger partial charge in [0.05, 0.1) is 6.61 Å². The Morgan fingerprint density at radius 2 is 1.85 bits per heavy atom. The summed E-state index contributed by atoms with van der Waals surface area (Å²) < 4.78 is 7.42. The molecule has 0 amide bonds. The van der Waals surface area contributed by atoms with Crippen LogP contribution in [0.4, 0.5) is 0 Å². The Labute approximate surface area is 136 Å². The summed E-state index contributed by atoms with van der Waals surface area (Å²) >= 11 is 6.93. The molecule has 1 unspecified atom stereocenters. The van der Waals surface area contributed by atoms with Gasteiger partial charge >= 0.3 is 0 Å². The first-order valence-electron chi connectivity index (χ1n) is 6.39. The molecule has 0 aliphatic heterocycles. The van der Waals surface area contributed by atoms with Gasteiger partial charge in [-0.3, -0.25) is 0 Å². The van der Waals surface area contributed by atoms with Crippen LogP contribution < -0.4 is 4.74 Å². The Bertz CT molecular complexity index is 611. The summed E-state index contributed by atoms with van der Waals surface area (Å²) in [4.78, 5) is 0. The zero-order chi connectivity index (χ0) is 14.7. The molecular weight excluding hydrogens is 384 g/mol. The van der Waals surface area contributed by atoms with Gasteiger partial charge in [-0.2, -0.15) is 0 Å². The summed E-state index contributed by atoms with van der Waals surface area (Å²) in [5, 5.41) is 10.7. The predicted molar refractivity (Wildman–Crippen MR) is 88.3 cm³/mol. The molecule has 0 aliphatic rings. The standard InChI is InChI=1S/C16H16Br2O2/c1-3-20-15-7-4-10(2)8-13(15)16(19)12-9-11(17)5-6-14(12)18/h4-9,16,19H,3H2,1-2H3. The zero-order valence-corrected chi connectivity index (χ0v) is 14.5. The SMILES string of the molecule is CCOc1ccc(C)cc1C(O)c1cc(Br)ccc1Br. The third-order valence-electron chi connectivity index (χ3n) is 3.01. The molecule has 2 rings (SSSR count). The van der Waals surface area contributed by atoms with Gasteiger partial charge in [0.1, 0.15) is 11.9 Å². The van der Waals surface area contributed by atoms with Crippen molar-refractivity contribution < 1.29 is 9.84 Å². The minimum Gasteiger partial charge on any atom is -0.493 e. The summed E-state index contributed by atoms with van der Waals surface area (Å²) in [6.07, 6.45) is -0.733. The average Bonchev–Trinajstić information content (AvgIpc) is 2.43. The number of halogens is 2. The Morgan fingerprint density at radius 1 is 1.10 bits per heavy atom. The fourth-order valence-corrected chi connectivity index (χ4v) is 2.90. The van der Waals surface area contributed by atoms with Crippen molar-refractivity contribution in [1.29, 1.82) is 0 Å². The van der Waals surface area contributed by atoms with Crippen molar-refractivity contribution in [2.75, 3.05) is 6.61 Å². The van der Waals surface area contributed by atoms with E-state index in [1.165, 1.54) is 0 Å². The Kier molecular flexibility index (Phi) is 5.24. The van der Waals surface area contributed by atoms with Crippen LogP contribution in [0.1, 0.15) is 29.7 Å². The number of aliphatic hydroxyl groups excluding tert-OH is 1. The van der Waals surface area contributed by atoms with Crippen LogP contribution in [0, 0.1) is 6.92 Å². The normalized spacial score (nSPS) is 12.2. The van der Waals surface area contributed by atoms with Gasteiger partial charge in [0.2, 0.25) is 0 Å². The predicted octanol–water partition coefficient (Wildman–Crippen LogP) is 5.00. The Balaban J connectivity index is 2.49. The number of hydrogen-bond acceptors (Lipinski definition) is 2. The van der Waals surface area contributed by atoms with Gasteiger partial charge < -0.3 is 9.84 Å². The number of aliphatic hydroxyl groups is 1. The highest BCUT2D eigenvalue weighted by Gasteiger charge is 2.18. The van der Waals surface area contributed by atoms with Crippen LogP contribution in [0.3, 0.4) is 0 Å². The van der Waals surface area contributed by atoms with Crippen LogP contribution in [0.15, 0.2) is 45.3 Å². The molecule has 0 aliphatic carbocycles. The van der Waals surface area contributed by atoms with Gasteiger partial charge in [0.25, 0.3) is 0 Å². The first-order valence-corrected chi connectivity index (χ1v) is 7.98. The van der Waals surface area contributed by atoms with Crippen molar-refractivity contribution in [2.45, 2.75) is 20.0 Å². The molecule has 0 fully saturated rings. The highest BCUT2D eigenvalue weighted by molar-refractivity contribution is 9.11. The lowest BCUT2D eigenvalue weighted by Crippen LogP contribution is -2.05. The van der Waals surface area contributed by atoms with Crippen LogP contribution in [-0.2, 0) is 0 Å².